The molecule has 26 heavy (non-hydrogen) atoms. The van der Waals surface area contributed by atoms with Crippen LogP contribution in [0.15, 0.2) is 59.0 Å². The Hall–Kier alpha value is -2.95. The number of benzene rings is 2. The number of carbonyl (C=O) groups excluding carboxylic acids is 1. The highest BCUT2D eigenvalue weighted by molar-refractivity contribution is 5.78. The number of rotatable bonds is 6. The first-order valence-electron chi connectivity index (χ1n) is 8.60. The third-order valence-corrected chi connectivity index (χ3v) is 4.25. The molecule has 3 rings (SSSR count). The van der Waals surface area contributed by atoms with E-state index in [4.69, 9.17) is 4.42 Å². The number of halogens is 1. The minimum atomic E-state index is -0.313. The van der Waals surface area contributed by atoms with Crippen LogP contribution in [0.2, 0.25) is 0 Å². The van der Waals surface area contributed by atoms with Gasteiger partial charge in [0.05, 0.1) is 12.1 Å². The molecule has 1 aromatic heterocycles. The highest BCUT2D eigenvalue weighted by Crippen LogP contribution is 2.22. The van der Waals surface area contributed by atoms with Crippen molar-refractivity contribution in [1.82, 2.24) is 9.88 Å². The lowest BCUT2D eigenvalue weighted by molar-refractivity contribution is -0.130. The molecule has 0 aliphatic heterocycles. The van der Waals surface area contributed by atoms with E-state index in [9.17, 15) is 9.18 Å². The molecule has 0 saturated carbocycles. The number of aromatic nitrogens is 1. The maximum absolute atomic E-state index is 13.1. The van der Waals surface area contributed by atoms with Gasteiger partial charge in [0.15, 0.2) is 0 Å². The second-order valence-corrected chi connectivity index (χ2v) is 6.10. The zero-order valence-electron chi connectivity index (χ0n) is 14.9. The van der Waals surface area contributed by atoms with E-state index >= 15 is 0 Å². The second-order valence-electron chi connectivity index (χ2n) is 6.10. The number of amides is 1. The van der Waals surface area contributed by atoms with Gasteiger partial charge in [0.25, 0.3) is 0 Å². The summed E-state index contributed by atoms with van der Waals surface area (Å²) in [5.74, 6) is 0.690. The van der Waals surface area contributed by atoms with Crippen molar-refractivity contribution in [2.45, 2.75) is 26.8 Å². The number of carbonyl (C=O) groups is 1. The first-order chi connectivity index (χ1) is 12.6. The Morgan fingerprint density at radius 2 is 1.81 bits per heavy atom. The fourth-order valence-corrected chi connectivity index (χ4v) is 2.74. The van der Waals surface area contributed by atoms with Crippen molar-refractivity contribution in [3.63, 3.8) is 0 Å². The third-order valence-electron chi connectivity index (χ3n) is 4.25. The van der Waals surface area contributed by atoms with Gasteiger partial charge in [0.1, 0.15) is 11.6 Å². The van der Waals surface area contributed by atoms with E-state index < -0.39 is 0 Å². The van der Waals surface area contributed by atoms with Crippen LogP contribution in [0.4, 0.5) is 4.39 Å². The van der Waals surface area contributed by atoms with Gasteiger partial charge in [-0.3, -0.25) is 4.79 Å². The van der Waals surface area contributed by atoms with Crippen LogP contribution in [-0.4, -0.2) is 22.3 Å². The van der Waals surface area contributed by atoms with Crippen LogP contribution in [0.3, 0.4) is 0 Å². The van der Waals surface area contributed by atoms with Gasteiger partial charge in [-0.05, 0) is 43.7 Å². The summed E-state index contributed by atoms with van der Waals surface area (Å²) in [4.78, 5) is 18.9. The van der Waals surface area contributed by atoms with E-state index in [1.54, 1.807) is 24.0 Å². The van der Waals surface area contributed by atoms with E-state index in [0.29, 0.717) is 36.0 Å². The normalized spacial score (nSPS) is 10.7. The number of hydrogen-bond acceptors (Lipinski definition) is 3. The summed E-state index contributed by atoms with van der Waals surface area (Å²) in [6, 6.07) is 15.8. The van der Waals surface area contributed by atoms with E-state index in [-0.39, 0.29) is 18.1 Å². The van der Waals surface area contributed by atoms with Crippen LogP contribution in [0.1, 0.15) is 23.9 Å². The molecule has 0 bridgehead atoms. The van der Waals surface area contributed by atoms with Crippen LogP contribution in [0.5, 0.6) is 0 Å². The van der Waals surface area contributed by atoms with E-state index in [1.165, 1.54) is 12.1 Å². The van der Waals surface area contributed by atoms with Crippen LogP contribution in [-0.2, 0) is 17.8 Å². The molecule has 2 aromatic carbocycles. The van der Waals surface area contributed by atoms with Crippen molar-refractivity contribution in [2.24, 2.45) is 0 Å². The molecule has 4 nitrogen and oxygen atoms in total. The molecule has 0 atom stereocenters. The van der Waals surface area contributed by atoms with Gasteiger partial charge in [-0.2, -0.15) is 0 Å². The summed E-state index contributed by atoms with van der Waals surface area (Å²) >= 11 is 0. The van der Waals surface area contributed by atoms with Crippen molar-refractivity contribution in [2.75, 3.05) is 6.54 Å². The highest BCUT2D eigenvalue weighted by Gasteiger charge is 2.18. The van der Waals surface area contributed by atoms with Crippen LogP contribution >= 0.6 is 0 Å². The van der Waals surface area contributed by atoms with E-state index in [2.05, 4.69) is 4.98 Å². The van der Waals surface area contributed by atoms with Crippen molar-refractivity contribution >= 4 is 5.91 Å². The molecule has 0 N–H and O–H groups in total. The molecule has 0 fully saturated rings. The Labute approximate surface area is 152 Å². The molecule has 0 spiro atoms. The molecule has 0 aliphatic rings. The average Bonchev–Trinajstić information content (AvgIpc) is 3.01. The molecule has 0 aliphatic carbocycles. The topological polar surface area (TPSA) is 46.3 Å². The predicted octanol–water partition coefficient (Wildman–Crippen LogP) is 4.38. The molecule has 134 valence electrons. The van der Waals surface area contributed by atoms with Crippen molar-refractivity contribution in [1.29, 1.82) is 0 Å². The molecule has 0 radical (unpaired) electrons. The molecular formula is C21H21FN2O2. The van der Waals surface area contributed by atoms with Crippen molar-refractivity contribution < 1.29 is 13.6 Å². The average molecular weight is 352 g/mol. The van der Waals surface area contributed by atoms with Gasteiger partial charge in [-0.15, -0.1) is 0 Å². The Bertz CT molecular complexity index is 873. The summed E-state index contributed by atoms with van der Waals surface area (Å²) in [7, 11) is 0. The fraction of sp³-hybridized carbons (Fsp3) is 0.238. The summed E-state index contributed by atoms with van der Waals surface area (Å²) in [5.41, 5.74) is 2.39. The lowest BCUT2D eigenvalue weighted by atomic mass is 10.2. The van der Waals surface area contributed by atoms with Gasteiger partial charge < -0.3 is 9.32 Å². The van der Waals surface area contributed by atoms with E-state index in [1.807, 2.05) is 37.3 Å². The Morgan fingerprint density at radius 3 is 2.46 bits per heavy atom. The van der Waals surface area contributed by atoms with Gasteiger partial charge >= 0.3 is 0 Å². The maximum Gasteiger partial charge on any atom is 0.229 e. The van der Waals surface area contributed by atoms with Gasteiger partial charge in [-0.25, -0.2) is 9.37 Å². The first kappa shape index (κ1) is 17.9. The van der Waals surface area contributed by atoms with Gasteiger partial charge in [0.2, 0.25) is 11.8 Å². The smallest absolute Gasteiger partial charge is 0.229 e. The standard InChI is InChI=1S/C21H21FN2O2/c1-3-24(14-16-7-5-4-6-8-16)20(25)13-19-15(2)26-21(23-19)17-9-11-18(22)12-10-17/h4-12H,3,13-14H2,1-2H3. The molecule has 3 aromatic rings. The minimum Gasteiger partial charge on any atom is -0.441 e. The molecule has 0 saturated heterocycles. The minimum absolute atomic E-state index is 0.00147. The van der Waals surface area contributed by atoms with Crippen molar-refractivity contribution in [3.05, 3.63) is 77.4 Å². The Morgan fingerprint density at radius 1 is 1.12 bits per heavy atom. The van der Waals surface area contributed by atoms with Crippen molar-refractivity contribution in [3.8, 4) is 11.5 Å². The molecule has 1 amide bonds. The van der Waals surface area contributed by atoms with Crippen LogP contribution in [0, 0.1) is 12.7 Å². The number of hydrogen-bond donors (Lipinski definition) is 0. The van der Waals surface area contributed by atoms with Gasteiger partial charge in [0, 0.05) is 18.7 Å². The van der Waals surface area contributed by atoms with Crippen LogP contribution < -0.4 is 0 Å². The quantitative estimate of drug-likeness (QED) is 0.661. The van der Waals surface area contributed by atoms with Crippen LogP contribution in [0.25, 0.3) is 11.5 Å². The Kier molecular flexibility index (Phi) is 5.46. The molecule has 0 unspecified atom stereocenters. The highest BCUT2D eigenvalue weighted by atomic mass is 19.1. The zero-order valence-corrected chi connectivity index (χ0v) is 14.9. The first-order valence-corrected chi connectivity index (χ1v) is 8.60. The number of likely N-dealkylation sites (N-methyl/N-ethyl adjacent to an activating group) is 1. The zero-order chi connectivity index (χ0) is 18.5. The van der Waals surface area contributed by atoms with Gasteiger partial charge in [-0.1, -0.05) is 30.3 Å². The second kappa shape index (κ2) is 7.95. The largest absolute Gasteiger partial charge is 0.441 e. The summed E-state index contributed by atoms with van der Waals surface area (Å²) in [5, 5.41) is 0. The summed E-state index contributed by atoms with van der Waals surface area (Å²) in [6.07, 6.45) is 0.178. The summed E-state index contributed by atoms with van der Waals surface area (Å²) < 4.78 is 18.7. The Balaban J connectivity index is 1.73. The van der Waals surface area contributed by atoms with E-state index in [0.717, 1.165) is 5.56 Å². The molecule has 1 heterocycles. The number of oxazole rings is 1. The lowest BCUT2D eigenvalue weighted by Crippen LogP contribution is -2.31. The molecular weight excluding hydrogens is 331 g/mol. The maximum atomic E-state index is 13.1. The predicted molar refractivity (Wildman–Crippen MR) is 97.9 cm³/mol. The monoisotopic (exact) mass is 352 g/mol. The number of nitrogens with zero attached hydrogens (tertiary/aromatic N) is 2. The molecule has 5 heteroatoms. The number of aryl methyl sites for hydroxylation is 1. The summed E-state index contributed by atoms with van der Waals surface area (Å²) in [6.45, 7) is 4.93. The SMILES string of the molecule is CCN(Cc1ccccc1)C(=O)Cc1nc(-c2ccc(F)cc2)oc1C. The fourth-order valence-electron chi connectivity index (χ4n) is 2.74. The lowest BCUT2D eigenvalue weighted by Gasteiger charge is -2.20. The third kappa shape index (κ3) is 4.17.